The number of aromatic nitrogens is 2. The van der Waals surface area contributed by atoms with E-state index in [-0.39, 0.29) is 6.42 Å². The number of aliphatic hydroxyl groups is 1. The van der Waals surface area contributed by atoms with E-state index in [1.165, 1.54) is 30.9 Å². The zero-order valence-electron chi connectivity index (χ0n) is 9.80. The van der Waals surface area contributed by atoms with Crippen molar-refractivity contribution in [3.63, 3.8) is 0 Å². The smallest absolute Gasteiger partial charge is 0.388 e. The normalized spacial score (nSPS) is 13.3. The SMILES string of the molecule is OC(Cc1ccc(C(F)(F)F)cc1)c1cncnc1. The Morgan fingerprint density at radius 1 is 1.05 bits per heavy atom. The molecule has 1 atom stereocenters. The number of alkyl halides is 3. The fourth-order valence-corrected chi connectivity index (χ4v) is 1.65. The van der Waals surface area contributed by atoms with Crippen LogP contribution in [0.5, 0.6) is 0 Å². The van der Waals surface area contributed by atoms with Gasteiger partial charge >= 0.3 is 6.18 Å². The van der Waals surface area contributed by atoms with Crippen LogP contribution in [0.15, 0.2) is 43.0 Å². The lowest BCUT2D eigenvalue weighted by molar-refractivity contribution is -0.137. The Kier molecular flexibility index (Phi) is 3.80. The zero-order valence-corrected chi connectivity index (χ0v) is 9.80. The predicted octanol–water partition coefficient (Wildman–Crippen LogP) is 2.77. The van der Waals surface area contributed by atoms with Crippen molar-refractivity contribution in [3.8, 4) is 0 Å². The van der Waals surface area contributed by atoms with E-state index >= 15 is 0 Å². The standard InChI is InChI=1S/C13H11F3N2O/c14-13(15,16)11-3-1-9(2-4-11)5-12(19)10-6-17-8-18-7-10/h1-4,6-8,12,19H,5H2. The molecule has 1 unspecified atom stereocenters. The van der Waals surface area contributed by atoms with Gasteiger partial charge in [0.1, 0.15) is 6.33 Å². The number of rotatable bonds is 3. The van der Waals surface area contributed by atoms with E-state index in [0.29, 0.717) is 11.1 Å². The molecule has 0 fully saturated rings. The summed E-state index contributed by atoms with van der Waals surface area (Å²) >= 11 is 0. The molecule has 0 spiro atoms. The Morgan fingerprint density at radius 2 is 1.63 bits per heavy atom. The summed E-state index contributed by atoms with van der Waals surface area (Å²) in [6.45, 7) is 0. The second kappa shape index (κ2) is 5.36. The minimum absolute atomic E-state index is 0.214. The fourth-order valence-electron chi connectivity index (χ4n) is 1.65. The molecule has 1 aromatic heterocycles. The van der Waals surface area contributed by atoms with Gasteiger partial charge < -0.3 is 5.11 Å². The first-order valence-electron chi connectivity index (χ1n) is 5.56. The molecule has 0 aliphatic rings. The van der Waals surface area contributed by atoms with Gasteiger partial charge in [0, 0.05) is 24.4 Å². The molecule has 1 N–H and O–H groups in total. The van der Waals surface area contributed by atoms with Crippen LogP contribution in [-0.4, -0.2) is 15.1 Å². The topological polar surface area (TPSA) is 46.0 Å². The third-order valence-electron chi connectivity index (χ3n) is 2.68. The van der Waals surface area contributed by atoms with Gasteiger partial charge in [-0.2, -0.15) is 13.2 Å². The molecule has 0 aliphatic heterocycles. The van der Waals surface area contributed by atoms with E-state index < -0.39 is 17.8 Å². The zero-order chi connectivity index (χ0) is 13.9. The van der Waals surface area contributed by atoms with Crippen molar-refractivity contribution < 1.29 is 18.3 Å². The molecule has 2 aromatic rings. The third kappa shape index (κ3) is 3.51. The lowest BCUT2D eigenvalue weighted by Crippen LogP contribution is -2.06. The highest BCUT2D eigenvalue weighted by atomic mass is 19.4. The summed E-state index contributed by atoms with van der Waals surface area (Å²) in [7, 11) is 0. The molecular weight excluding hydrogens is 257 g/mol. The Morgan fingerprint density at radius 3 is 2.16 bits per heavy atom. The summed E-state index contributed by atoms with van der Waals surface area (Å²) in [4.78, 5) is 7.55. The van der Waals surface area contributed by atoms with E-state index in [0.717, 1.165) is 12.1 Å². The Balaban J connectivity index is 2.08. The van der Waals surface area contributed by atoms with Crippen molar-refractivity contribution in [3.05, 3.63) is 59.7 Å². The predicted molar refractivity (Wildman–Crippen MR) is 62.1 cm³/mol. The first-order chi connectivity index (χ1) is 8.97. The van der Waals surface area contributed by atoms with Crippen LogP contribution in [0.4, 0.5) is 13.2 Å². The maximum absolute atomic E-state index is 12.4. The monoisotopic (exact) mass is 268 g/mol. The largest absolute Gasteiger partial charge is 0.416 e. The Labute approximate surface area is 107 Å². The van der Waals surface area contributed by atoms with Crippen LogP contribution in [0.1, 0.15) is 22.8 Å². The number of hydrogen-bond donors (Lipinski definition) is 1. The van der Waals surface area contributed by atoms with Crippen molar-refractivity contribution in [2.75, 3.05) is 0 Å². The van der Waals surface area contributed by atoms with E-state index in [1.807, 2.05) is 0 Å². The van der Waals surface area contributed by atoms with Crippen LogP contribution < -0.4 is 0 Å². The Hall–Kier alpha value is -1.95. The second-order valence-corrected chi connectivity index (χ2v) is 4.09. The molecule has 3 nitrogen and oxygen atoms in total. The average Bonchev–Trinajstić information content (AvgIpc) is 2.39. The Bertz CT molecular complexity index is 526. The van der Waals surface area contributed by atoms with Gasteiger partial charge in [-0.1, -0.05) is 12.1 Å². The van der Waals surface area contributed by atoms with Crippen molar-refractivity contribution in [1.29, 1.82) is 0 Å². The minimum Gasteiger partial charge on any atom is -0.388 e. The highest BCUT2D eigenvalue weighted by molar-refractivity contribution is 5.26. The summed E-state index contributed by atoms with van der Waals surface area (Å²) in [6, 6.07) is 4.72. The van der Waals surface area contributed by atoms with Crippen molar-refractivity contribution in [2.24, 2.45) is 0 Å². The molecule has 1 aromatic carbocycles. The summed E-state index contributed by atoms with van der Waals surface area (Å²) in [5, 5.41) is 9.90. The average molecular weight is 268 g/mol. The second-order valence-electron chi connectivity index (χ2n) is 4.09. The summed E-state index contributed by atoms with van der Waals surface area (Å²) in [6.07, 6.45) is -0.675. The molecule has 6 heteroatoms. The van der Waals surface area contributed by atoms with E-state index in [1.54, 1.807) is 0 Å². The first-order valence-corrected chi connectivity index (χ1v) is 5.56. The highest BCUT2D eigenvalue weighted by Crippen LogP contribution is 2.29. The van der Waals surface area contributed by atoms with Crippen molar-refractivity contribution in [2.45, 2.75) is 18.7 Å². The lowest BCUT2D eigenvalue weighted by Gasteiger charge is -2.11. The van der Waals surface area contributed by atoms with E-state index in [9.17, 15) is 18.3 Å². The molecule has 2 rings (SSSR count). The van der Waals surface area contributed by atoms with Crippen LogP contribution in [0, 0.1) is 0 Å². The fraction of sp³-hybridized carbons (Fsp3) is 0.231. The van der Waals surface area contributed by atoms with Crippen molar-refractivity contribution >= 4 is 0 Å². The number of halogens is 3. The molecule has 0 saturated heterocycles. The summed E-state index contributed by atoms with van der Waals surface area (Å²) < 4.78 is 37.1. The van der Waals surface area contributed by atoms with Crippen LogP contribution in [0.3, 0.4) is 0 Å². The van der Waals surface area contributed by atoms with Gasteiger partial charge in [-0.05, 0) is 17.7 Å². The molecule has 100 valence electrons. The van der Waals surface area contributed by atoms with Gasteiger partial charge in [-0.3, -0.25) is 0 Å². The van der Waals surface area contributed by atoms with Gasteiger partial charge in [0.15, 0.2) is 0 Å². The molecule has 19 heavy (non-hydrogen) atoms. The molecule has 0 amide bonds. The molecule has 0 aliphatic carbocycles. The van der Waals surface area contributed by atoms with Crippen LogP contribution >= 0.6 is 0 Å². The highest BCUT2D eigenvalue weighted by Gasteiger charge is 2.29. The molecular formula is C13H11F3N2O. The number of benzene rings is 1. The number of nitrogens with zero attached hydrogens (tertiary/aromatic N) is 2. The van der Waals surface area contributed by atoms with Gasteiger partial charge in [0.05, 0.1) is 11.7 Å². The third-order valence-corrected chi connectivity index (χ3v) is 2.68. The molecule has 0 bridgehead atoms. The molecule has 0 radical (unpaired) electrons. The van der Waals surface area contributed by atoms with Gasteiger partial charge in [0.25, 0.3) is 0 Å². The first kappa shape index (κ1) is 13.5. The van der Waals surface area contributed by atoms with Crippen LogP contribution in [0.2, 0.25) is 0 Å². The lowest BCUT2D eigenvalue weighted by atomic mass is 10.0. The van der Waals surface area contributed by atoms with E-state index in [4.69, 9.17) is 0 Å². The van der Waals surface area contributed by atoms with Crippen LogP contribution in [0.25, 0.3) is 0 Å². The maximum atomic E-state index is 12.4. The van der Waals surface area contributed by atoms with Gasteiger partial charge in [-0.25, -0.2) is 9.97 Å². The number of hydrogen-bond acceptors (Lipinski definition) is 3. The molecule has 0 saturated carbocycles. The molecule has 1 heterocycles. The van der Waals surface area contributed by atoms with Gasteiger partial charge in [0.2, 0.25) is 0 Å². The summed E-state index contributed by atoms with van der Waals surface area (Å²) in [5.41, 5.74) is 0.445. The quantitative estimate of drug-likeness (QED) is 0.931. The minimum atomic E-state index is -4.34. The van der Waals surface area contributed by atoms with Crippen LogP contribution in [-0.2, 0) is 12.6 Å². The van der Waals surface area contributed by atoms with Crippen molar-refractivity contribution in [1.82, 2.24) is 9.97 Å². The number of aliphatic hydroxyl groups excluding tert-OH is 1. The van der Waals surface area contributed by atoms with Gasteiger partial charge in [-0.15, -0.1) is 0 Å². The summed E-state index contributed by atoms with van der Waals surface area (Å²) in [5.74, 6) is 0. The maximum Gasteiger partial charge on any atom is 0.416 e. The van der Waals surface area contributed by atoms with E-state index in [2.05, 4.69) is 9.97 Å².